The number of ether oxygens (including phenoxy) is 1. The van der Waals surface area contributed by atoms with Crippen LogP contribution in [0.4, 0.5) is 0 Å². The highest BCUT2D eigenvalue weighted by molar-refractivity contribution is 6.00. The van der Waals surface area contributed by atoms with E-state index in [0.717, 1.165) is 0 Å². The van der Waals surface area contributed by atoms with Crippen molar-refractivity contribution in [2.24, 2.45) is 0 Å². The van der Waals surface area contributed by atoms with Crippen LogP contribution >= 0.6 is 0 Å². The monoisotopic (exact) mass is 251 g/mol. The lowest BCUT2D eigenvalue weighted by Gasteiger charge is -2.22. The van der Waals surface area contributed by atoms with Crippen LogP contribution in [-0.4, -0.2) is 48.6 Å². The van der Waals surface area contributed by atoms with Crippen molar-refractivity contribution in [3.05, 3.63) is 29.8 Å². The van der Waals surface area contributed by atoms with Crippen molar-refractivity contribution >= 4 is 5.78 Å². The van der Waals surface area contributed by atoms with Gasteiger partial charge in [-0.25, -0.2) is 0 Å². The molecule has 1 aromatic carbocycles. The molecule has 0 fully saturated rings. The van der Waals surface area contributed by atoms with Crippen LogP contribution in [0.5, 0.6) is 5.75 Å². The number of aliphatic hydroxyl groups excluding tert-OH is 1. The summed E-state index contributed by atoms with van der Waals surface area (Å²) in [4.78, 5) is 14.0. The molecular weight excluding hydrogens is 230 g/mol. The van der Waals surface area contributed by atoms with Crippen LogP contribution in [0.15, 0.2) is 24.3 Å². The maximum Gasteiger partial charge on any atom is 0.180 e. The van der Waals surface area contributed by atoms with Gasteiger partial charge in [0.05, 0.1) is 25.3 Å². The Kier molecular flexibility index (Phi) is 5.82. The lowest BCUT2D eigenvalue weighted by atomic mass is 10.1. The third-order valence-electron chi connectivity index (χ3n) is 2.90. The zero-order chi connectivity index (χ0) is 13.5. The van der Waals surface area contributed by atoms with E-state index in [9.17, 15) is 4.79 Å². The number of rotatable bonds is 7. The van der Waals surface area contributed by atoms with Gasteiger partial charge in [-0.05, 0) is 33.0 Å². The van der Waals surface area contributed by atoms with Crippen molar-refractivity contribution in [1.29, 1.82) is 0 Å². The molecule has 1 N–H and O–H groups in total. The molecule has 0 aromatic heterocycles. The molecule has 0 spiro atoms. The Morgan fingerprint density at radius 1 is 1.44 bits per heavy atom. The molecule has 1 aromatic rings. The minimum absolute atomic E-state index is 0.00171. The second-order valence-corrected chi connectivity index (χ2v) is 4.30. The Hall–Kier alpha value is -1.39. The summed E-state index contributed by atoms with van der Waals surface area (Å²) in [6.45, 7) is 4.61. The number of hydrogen-bond donors (Lipinski definition) is 1. The zero-order valence-corrected chi connectivity index (χ0v) is 11.2. The van der Waals surface area contributed by atoms with E-state index in [0.29, 0.717) is 17.9 Å². The molecule has 18 heavy (non-hydrogen) atoms. The molecule has 0 aliphatic heterocycles. The molecule has 1 rings (SSSR count). The number of nitrogens with zero attached hydrogens (tertiary/aromatic N) is 1. The van der Waals surface area contributed by atoms with Crippen molar-refractivity contribution in [3.63, 3.8) is 0 Å². The number of likely N-dealkylation sites (N-methyl/N-ethyl adjacent to an activating group) is 1. The first kappa shape index (κ1) is 14.7. The van der Waals surface area contributed by atoms with Crippen molar-refractivity contribution in [3.8, 4) is 5.75 Å². The Bertz CT molecular complexity index is 392. The van der Waals surface area contributed by atoms with Crippen molar-refractivity contribution < 1.29 is 14.6 Å². The fourth-order valence-electron chi connectivity index (χ4n) is 1.59. The predicted octanol–water partition coefficient (Wildman–Crippen LogP) is 1.58. The summed E-state index contributed by atoms with van der Waals surface area (Å²) < 4.78 is 5.44. The number of carbonyl (C=O) groups is 1. The standard InChI is InChI=1S/C14H21NO3/c1-4-18-14-8-6-5-7-12(14)13(17)9-15(3)11(2)10-16/h5-8,11,16H,4,9-10H2,1-3H3. The van der Waals surface area contributed by atoms with Crippen LogP contribution in [0.1, 0.15) is 24.2 Å². The molecule has 0 radical (unpaired) electrons. The minimum Gasteiger partial charge on any atom is -0.493 e. The number of hydrogen-bond acceptors (Lipinski definition) is 4. The first-order chi connectivity index (χ1) is 8.60. The van der Waals surface area contributed by atoms with Gasteiger partial charge in [0.1, 0.15) is 5.75 Å². The molecule has 4 nitrogen and oxygen atoms in total. The van der Waals surface area contributed by atoms with Crippen molar-refractivity contribution in [2.45, 2.75) is 19.9 Å². The summed E-state index contributed by atoms with van der Waals surface area (Å²) in [5.41, 5.74) is 0.594. The van der Waals surface area contributed by atoms with E-state index in [-0.39, 0.29) is 25.0 Å². The first-order valence-corrected chi connectivity index (χ1v) is 6.16. The molecule has 0 heterocycles. The maximum absolute atomic E-state index is 12.2. The highest BCUT2D eigenvalue weighted by Crippen LogP contribution is 2.18. The number of ketones is 1. The number of aliphatic hydroxyl groups is 1. The average Bonchev–Trinajstić information content (AvgIpc) is 2.38. The van der Waals surface area contributed by atoms with E-state index in [1.54, 1.807) is 12.1 Å². The molecule has 0 bridgehead atoms. The van der Waals surface area contributed by atoms with Gasteiger partial charge in [0.25, 0.3) is 0 Å². The number of carbonyl (C=O) groups excluding carboxylic acids is 1. The van der Waals surface area contributed by atoms with Crippen LogP contribution in [-0.2, 0) is 0 Å². The second kappa shape index (κ2) is 7.13. The van der Waals surface area contributed by atoms with Crippen LogP contribution in [0.3, 0.4) is 0 Å². The Balaban J connectivity index is 2.77. The smallest absolute Gasteiger partial charge is 0.180 e. The van der Waals surface area contributed by atoms with Crippen molar-refractivity contribution in [2.75, 3.05) is 26.8 Å². The van der Waals surface area contributed by atoms with Crippen LogP contribution in [0.25, 0.3) is 0 Å². The highest BCUT2D eigenvalue weighted by atomic mass is 16.5. The summed E-state index contributed by atoms with van der Waals surface area (Å²) >= 11 is 0. The second-order valence-electron chi connectivity index (χ2n) is 4.30. The molecule has 0 aliphatic carbocycles. The number of Topliss-reactive ketones (excluding diaryl/α,β-unsaturated/α-hetero) is 1. The third kappa shape index (κ3) is 3.82. The number of benzene rings is 1. The van der Waals surface area contributed by atoms with E-state index in [4.69, 9.17) is 9.84 Å². The molecule has 0 amide bonds. The molecule has 4 heteroatoms. The van der Waals surface area contributed by atoms with Gasteiger partial charge in [-0.2, -0.15) is 0 Å². The van der Waals surface area contributed by atoms with E-state index in [1.807, 2.05) is 37.9 Å². The van der Waals surface area contributed by atoms with Gasteiger partial charge in [0.2, 0.25) is 0 Å². The zero-order valence-electron chi connectivity index (χ0n) is 11.2. The maximum atomic E-state index is 12.2. The Morgan fingerprint density at radius 2 is 2.11 bits per heavy atom. The molecule has 1 atom stereocenters. The van der Waals surface area contributed by atoms with Crippen LogP contribution < -0.4 is 4.74 Å². The van der Waals surface area contributed by atoms with Crippen LogP contribution in [0, 0.1) is 0 Å². The van der Waals surface area contributed by atoms with Crippen molar-refractivity contribution in [1.82, 2.24) is 4.90 Å². The largest absolute Gasteiger partial charge is 0.493 e. The lowest BCUT2D eigenvalue weighted by Crippen LogP contribution is -2.36. The SMILES string of the molecule is CCOc1ccccc1C(=O)CN(C)C(C)CO. The van der Waals surface area contributed by atoms with E-state index < -0.39 is 0 Å². The highest BCUT2D eigenvalue weighted by Gasteiger charge is 2.16. The normalized spacial score (nSPS) is 12.5. The average molecular weight is 251 g/mol. The quantitative estimate of drug-likeness (QED) is 0.748. The number of para-hydroxylation sites is 1. The molecule has 0 saturated carbocycles. The lowest BCUT2D eigenvalue weighted by molar-refractivity contribution is 0.0887. The van der Waals surface area contributed by atoms with Gasteiger partial charge < -0.3 is 9.84 Å². The summed E-state index contributed by atoms with van der Waals surface area (Å²) in [5.74, 6) is 0.622. The van der Waals surface area contributed by atoms with Gasteiger partial charge in [-0.15, -0.1) is 0 Å². The van der Waals surface area contributed by atoms with Gasteiger partial charge in [0, 0.05) is 6.04 Å². The van der Waals surface area contributed by atoms with E-state index >= 15 is 0 Å². The molecule has 100 valence electrons. The minimum atomic E-state index is -0.0341. The molecular formula is C14H21NO3. The Morgan fingerprint density at radius 3 is 2.72 bits per heavy atom. The topological polar surface area (TPSA) is 49.8 Å². The molecule has 0 aliphatic rings. The summed E-state index contributed by atoms with van der Waals surface area (Å²) in [6, 6.07) is 7.21. The van der Waals surface area contributed by atoms with Gasteiger partial charge in [0.15, 0.2) is 5.78 Å². The molecule has 1 unspecified atom stereocenters. The molecule has 0 saturated heterocycles. The van der Waals surface area contributed by atoms with Gasteiger partial charge in [-0.3, -0.25) is 9.69 Å². The summed E-state index contributed by atoms with van der Waals surface area (Å²) in [7, 11) is 1.82. The van der Waals surface area contributed by atoms with Gasteiger partial charge in [-0.1, -0.05) is 12.1 Å². The fraction of sp³-hybridized carbons (Fsp3) is 0.500. The third-order valence-corrected chi connectivity index (χ3v) is 2.90. The van der Waals surface area contributed by atoms with Crippen LogP contribution in [0.2, 0.25) is 0 Å². The van der Waals surface area contributed by atoms with E-state index in [2.05, 4.69) is 0 Å². The fourth-order valence-corrected chi connectivity index (χ4v) is 1.59. The first-order valence-electron chi connectivity index (χ1n) is 6.16. The van der Waals surface area contributed by atoms with E-state index in [1.165, 1.54) is 0 Å². The Labute approximate surface area is 108 Å². The summed E-state index contributed by atoms with van der Waals surface area (Å²) in [5, 5.41) is 9.05. The summed E-state index contributed by atoms with van der Waals surface area (Å²) in [6.07, 6.45) is 0. The predicted molar refractivity (Wildman–Crippen MR) is 71.1 cm³/mol. The van der Waals surface area contributed by atoms with Gasteiger partial charge >= 0.3 is 0 Å².